The number of unbranched alkanes of at least 4 members (excludes halogenated alkanes) is 9. The molecule has 144 heavy (non-hydrogen) atoms. The topological polar surface area (TPSA) is 154 Å². The van der Waals surface area contributed by atoms with Gasteiger partial charge in [-0.25, -0.2) is 0 Å². The summed E-state index contributed by atoms with van der Waals surface area (Å²) in [5.41, 5.74) is 30.5. The molecule has 0 aliphatic heterocycles. The number of nitrogens with zero attached hydrogens (tertiary/aromatic N) is 15. The van der Waals surface area contributed by atoms with Gasteiger partial charge in [0.2, 0.25) is 0 Å². The van der Waals surface area contributed by atoms with Crippen LogP contribution in [0.2, 0.25) is 0 Å². The summed E-state index contributed by atoms with van der Waals surface area (Å²) >= 11 is 0. The van der Waals surface area contributed by atoms with Gasteiger partial charge in [0.1, 0.15) is 29.1 Å². The number of benzene rings is 10. The van der Waals surface area contributed by atoms with Crippen LogP contribution < -0.4 is 0 Å². The van der Waals surface area contributed by atoms with Gasteiger partial charge in [-0.2, -0.15) is 25.5 Å². The fourth-order valence-electron chi connectivity index (χ4n) is 19.8. The zero-order valence-electron chi connectivity index (χ0n) is 90.6. The van der Waals surface area contributed by atoms with E-state index in [4.69, 9.17) is 10.2 Å². The Morgan fingerprint density at radius 2 is 0.583 bits per heavy atom. The van der Waals surface area contributed by atoms with Crippen LogP contribution in [-0.4, -0.2) is 73.8 Å². The van der Waals surface area contributed by atoms with E-state index in [9.17, 15) is 0 Å². The molecule has 1 aliphatic rings. The first-order valence-corrected chi connectivity index (χ1v) is 51.8. The quantitative estimate of drug-likeness (QED) is 0.0294. The summed E-state index contributed by atoms with van der Waals surface area (Å²) in [6.45, 7) is 57.5. The van der Waals surface area contributed by atoms with Gasteiger partial charge in [-0.3, -0.25) is 0 Å². The molecule has 5 radical (unpaired) electrons. The summed E-state index contributed by atoms with van der Waals surface area (Å²) in [4.78, 5) is 0. The fourth-order valence-corrected chi connectivity index (χ4v) is 19.8. The molecule has 0 spiro atoms. The first-order valence-electron chi connectivity index (χ1n) is 51.8. The SMILES string of the molecule is CCC(C)(C)c1nnc(-c2[c-]cccc2)n1-c1c(C)cc(C)cc1C.CCCCCCc1cc(C)c(-n2c(-c3[c-]cccc3)nnc2C(C)(C)CC)c(C)c1.CCCCCCc1cc(C)c(-n2c(-c3[c-]cccc3)nnc2C(C)C)c(C)c1.CCCCCCc1cc(C)c(-n2c(-c3[c-]cccc3)nnc2C2CCCCC2)c(C)c1.Cc1cc(C)c(-n2c(CC(C)(C)C)nnc2-c2[c-]cccc2)c(C)c1.[Ir].[Ir].[Ir].[Ir].[Ir]. The van der Waals surface area contributed by atoms with E-state index < -0.39 is 0 Å². The molecule has 1 fully saturated rings. The molecule has 10 aromatic carbocycles. The molecule has 777 valence electrons. The predicted molar refractivity (Wildman–Crippen MR) is 578 cm³/mol. The first kappa shape index (κ1) is 122. The largest absolute Gasteiger partial charge is 0.320 e. The van der Waals surface area contributed by atoms with Gasteiger partial charge < -0.3 is 22.8 Å². The van der Waals surface area contributed by atoms with E-state index in [0.717, 1.165) is 118 Å². The van der Waals surface area contributed by atoms with E-state index in [0.29, 0.717) is 5.92 Å². The van der Waals surface area contributed by atoms with Gasteiger partial charge >= 0.3 is 0 Å². The van der Waals surface area contributed by atoms with Crippen LogP contribution in [0.25, 0.3) is 85.4 Å². The van der Waals surface area contributed by atoms with Crippen LogP contribution in [0.15, 0.2) is 182 Å². The van der Waals surface area contributed by atoms with Gasteiger partial charge in [-0.05, 0) is 225 Å². The Bertz CT molecular complexity index is 6350. The molecule has 0 bridgehead atoms. The fraction of sp³-hybridized carbons (Fsp3) is 0.435. The number of hydrogen-bond acceptors (Lipinski definition) is 10. The third-order valence-electron chi connectivity index (χ3n) is 27.3. The molecule has 0 N–H and O–H groups in total. The van der Waals surface area contributed by atoms with Crippen molar-refractivity contribution >= 4 is 0 Å². The Balaban J connectivity index is 0.000000243. The van der Waals surface area contributed by atoms with Gasteiger partial charge in [0.15, 0.2) is 0 Å². The normalized spacial score (nSPS) is 11.9. The summed E-state index contributed by atoms with van der Waals surface area (Å²) in [5, 5.41) is 46.1. The molecule has 0 atom stereocenters. The summed E-state index contributed by atoms with van der Waals surface area (Å²) < 4.78 is 11.3. The Morgan fingerprint density at radius 3 is 0.889 bits per heavy atom. The second-order valence-electron chi connectivity index (χ2n) is 41.8. The number of aryl methyl sites for hydroxylation is 15. The van der Waals surface area contributed by atoms with Crippen LogP contribution in [0, 0.1) is 119 Å². The van der Waals surface area contributed by atoms with Crippen LogP contribution in [-0.2, 0) is 137 Å². The van der Waals surface area contributed by atoms with Crippen molar-refractivity contribution in [3.05, 3.63) is 325 Å². The number of aromatic nitrogens is 15. The van der Waals surface area contributed by atoms with E-state index >= 15 is 0 Å². The zero-order valence-corrected chi connectivity index (χ0v) is 103. The van der Waals surface area contributed by atoms with Crippen LogP contribution >= 0.6 is 0 Å². The second-order valence-corrected chi connectivity index (χ2v) is 41.8. The Kier molecular flexibility index (Phi) is 48.9. The van der Waals surface area contributed by atoms with Crippen molar-refractivity contribution in [2.45, 2.75) is 350 Å². The van der Waals surface area contributed by atoms with Crippen molar-refractivity contribution < 1.29 is 101 Å². The van der Waals surface area contributed by atoms with Gasteiger partial charge in [0.25, 0.3) is 0 Å². The molecular formula is C124H156Ir5N15-5. The van der Waals surface area contributed by atoms with Crippen LogP contribution in [0.1, 0.15) is 343 Å². The molecule has 0 saturated heterocycles. The molecular weight excluding hydrogens is 2660 g/mol. The smallest absolute Gasteiger partial charge is 0.134 e. The molecule has 5 heterocycles. The Hall–Kier alpha value is -8.85. The molecule has 0 unspecified atom stereocenters. The van der Waals surface area contributed by atoms with E-state index in [2.05, 4.69) is 359 Å². The minimum atomic E-state index is -0.0717. The van der Waals surface area contributed by atoms with Gasteiger partial charge in [0, 0.05) is 158 Å². The Labute approximate surface area is 931 Å². The number of hydrogen-bond donors (Lipinski definition) is 0. The molecule has 16 rings (SSSR count). The molecule has 15 aromatic rings. The van der Waals surface area contributed by atoms with Crippen molar-refractivity contribution in [2.75, 3.05) is 0 Å². The van der Waals surface area contributed by atoms with Crippen molar-refractivity contribution in [3.8, 4) is 85.4 Å². The summed E-state index contributed by atoms with van der Waals surface area (Å²) in [5.74, 6) is 10.3. The van der Waals surface area contributed by atoms with E-state index in [1.54, 1.807) is 0 Å². The minimum Gasteiger partial charge on any atom is -0.320 e. The first-order chi connectivity index (χ1) is 66.7. The van der Waals surface area contributed by atoms with E-state index in [-0.39, 0.29) is 123 Å². The minimum absolute atomic E-state index is 0. The van der Waals surface area contributed by atoms with Crippen LogP contribution in [0.3, 0.4) is 0 Å². The molecule has 15 nitrogen and oxygen atoms in total. The summed E-state index contributed by atoms with van der Waals surface area (Å²) in [6, 6.07) is 79.8. The zero-order chi connectivity index (χ0) is 99.8. The average molecular weight is 2820 g/mol. The molecule has 1 aliphatic carbocycles. The summed E-state index contributed by atoms with van der Waals surface area (Å²) in [6.07, 6.45) is 28.2. The third-order valence-corrected chi connectivity index (χ3v) is 27.3. The molecule has 20 heteroatoms. The van der Waals surface area contributed by atoms with Crippen molar-refractivity contribution in [3.63, 3.8) is 0 Å². The van der Waals surface area contributed by atoms with Crippen LogP contribution in [0.4, 0.5) is 0 Å². The maximum atomic E-state index is 4.76. The molecule has 5 aromatic heterocycles. The van der Waals surface area contributed by atoms with Gasteiger partial charge in [0.05, 0.1) is 29.1 Å². The van der Waals surface area contributed by atoms with E-state index in [1.807, 2.05) is 97.1 Å². The predicted octanol–water partition coefficient (Wildman–Crippen LogP) is 31.9. The van der Waals surface area contributed by atoms with Gasteiger partial charge in [-0.1, -0.05) is 246 Å². The Morgan fingerprint density at radius 1 is 0.306 bits per heavy atom. The standard InChI is InChI=1S/C28H36N3.C27H36N3.C25H32N3.2C22H26N3.5Ir/c1-4-5-6-9-14-23-19-21(2)26(22(3)20-23)31-27(24-15-10-7-11-16-24)29-30-28(31)25-17-12-8-13-18-25;1-7-9-10-12-15-22-18-20(3)24(21(4)19-22)30-25(23-16-13-11-14-17-23)28-29-26(30)27(5,6)8-2;1-6-7-8-10-13-21-16-19(4)23(20(5)17-21)28-24(18(2)3)26-27-25(28)22-14-11-9-12-15-22;1-15-12-16(2)20(17(3)13-15)25-19(14-22(4,5)6)23-24-21(25)18-10-8-7-9-11-18;1-7-22(5,6)21-24-23-20(18-11-9-8-10-12-18)25(21)19-16(3)13-15(2)14-17(19)4;;;;;/h7,10-11,15,19-20,25H,4-6,8-9,12-14,17-18H2,1-3H3;11,13-14,16,18-19H,7-10,12,15H2,1-6H3;9,11-12,14,16-18H,6-8,10,13H2,1-5H3;7-10,12-13H,14H2,1-6H3;8-11,13-14H,7H2,1-6H3;;;;;/q5*-1;;;;;. The second kappa shape index (κ2) is 57.6. The average Bonchev–Trinajstić information content (AvgIpc) is 1.59. The number of rotatable bonds is 32. The van der Waals surface area contributed by atoms with Gasteiger partial charge in [-0.15, -0.1) is 205 Å². The molecule has 0 amide bonds. The van der Waals surface area contributed by atoms with E-state index in [1.165, 1.54) is 227 Å². The molecule has 1 saturated carbocycles. The van der Waals surface area contributed by atoms with Crippen LogP contribution in [0.5, 0.6) is 0 Å². The third kappa shape index (κ3) is 31.2. The van der Waals surface area contributed by atoms with Crippen molar-refractivity contribution in [1.82, 2.24) is 73.8 Å². The maximum Gasteiger partial charge on any atom is 0.134 e. The van der Waals surface area contributed by atoms with Crippen molar-refractivity contribution in [1.29, 1.82) is 0 Å². The summed E-state index contributed by atoms with van der Waals surface area (Å²) in [7, 11) is 0. The monoisotopic (exact) mass is 2820 g/mol. The van der Waals surface area contributed by atoms with Crippen molar-refractivity contribution in [2.24, 2.45) is 5.41 Å². The maximum absolute atomic E-state index is 4.76.